The van der Waals surface area contributed by atoms with Gasteiger partial charge in [0, 0.05) is 5.41 Å². The fourth-order valence-electron chi connectivity index (χ4n) is 2.79. The third-order valence-electron chi connectivity index (χ3n) is 4.31. The molecule has 114 valence electrons. The lowest BCUT2D eigenvalue weighted by Crippen LogP contribution is -2.49. The summed E-state index contributed by atoms with van der Waals surface area (Å²) in [6, 6.07) is 7.61. The van der Waals surface area contributed by atoms with Crippen LogP contribution in [0.5, 0.6) is 11.5 Å². The first kappa shape index (κ1) is 14.2. The number of para-hydroxylation sites is 2. The predicted molar refractivity (Wildman–Crippen MR) is 79.6 cm³/mol. The molecule has 1 atom stereocenters. The molecule has 1 amide bonds. The molecule has 0 spiro atoms. The van der Waals surface area contributed by atoms with Crippen molar-refractivity contribution in [2.75, 3.05) is 26.2 Å². The summed E-state index contributed by atoms with van der Waals surface area (Å²) < 4.78 is 11.5. The molecule has 2 aliphatic heterocycles. The van der Waals surface area contributed by atoms with E-state index >= 15 is 0 Å². The zero-order chi connectivity index (χ0) is 14.7. The minimum Gasteiger partial charge on any atom is -0.486 e. The number of piperidine rings is 1. The van der Waals surface area contributed by atoms with Gasteiger partial charge in [0.15, 0.2) is 11.5 Å². The van der Waals surface area contributed by atoms with Gasteiger partial charge in [-0.05, 0) is 38.1 Å². The van der Waals surface area contributed by atoms with Crippen molar-refractivity contribution in [3.8, 4) is 11.5 Å². The topological polar surface area (TPSA) is 59.6 Å². The zero-order valence-electron chi connectivity index (χ0n) is 12.4. The van der Waals surface area contributed by atoms with Crippen LogP contribution in [-0.4, -0.2) is 38.3 Å². The van der Waals surface area contributed by atoms with E-state index in [1.807, 2.05) is 31.2 Å². The molecular formula is C16H22N2O3. The van der Waals surface area contributed by atoms with E-state index in [1.54, 1.807) is 0 Å². The van der Waals surface area contributed by atoms with Crippen molar-refractivity contribution in [2.45, 2.75) is 25.9 Å². The summed E-state index contributed by atoms with van der Waals surface area (Å²) in [6.07, 6.45) is 1.63. The summed E-state index contributed by atoms with van der Waals surface area (Å²) in [4.78, 5) is 12.4. The van der Waals surface area contributed by atoms with Crippen LogP contribution in [0.25, 0.3) is 0 Å². The Morgan fingerprint density at radius 1 is 1.33 bits per heavy atom. The van der Waals surface area contributed by atoms with Gasteiger partial charge in [0.2, 0.25) is 5.91 Å². The van der Waals surface area contributed by atoms with Crippen molar-refractivity contribution >= 4 is 5.91 Å². The van der Waals surface area contributed by atoms with Crippen LogP contribution < -0.4 is 20.1 Å². The molecule has 1 saturated heterocycles. The SMILES string of the molecule is CC1(C(=O)NCC2COc3ccccc3O2)CCNCC1. The molecule has 5 heteroatoms. The molecule has 1 aromatic carbocycles. The van der Waals surface area contributed by atoms with Crippen LogP contribution in [0.4, 0.5) is 0 Å². The molecule has 0 aliphatic carbocycles. The Bertz CT molecular complexity index is 512. The maximum atomic E-state index is 12.4. The number of hydrogen-bond acceptors (Lipinski definition) is 4. The summed E-state index contributed by atoms with van der Waals surface area (Å²) in [5.74, 6) is 1.63. The Kier molecular flexibility index (Phi) is 4.01. The molecule has 3 rings (SSSR count). The molecule has 1 fully saturated rings. The van der Waals surface area contributed by atoms with E-state index in [2.05, 4.69) is 10.6 Å². The number of carbonyl (C=O) groups excluding carboxylic acids is 1. The average molecular weight is 290 g/mol. The first-order chi connectivity index (χ1) is 10.2. The van der Waals surface area contributed by atoms with E-state index < -0.39 is 0 Å². The lowest BCUT2D eigenvalue weighted by atomic mass is 9.80. The van der Waals surface area contributed by atoms with E-state index in [1.165, 1.54) is 0 Å². The molecule has 21 heavy (non-hydrogen) atoms. The molecule has 0 bridgehead atoms. The highest BCUT2D eigenvalue weighted by molar-refractivity contribution is 5.82. The van der Waals surface area contributed by atoms with Gasteiger partial charge in [-0.3, -0.25) is 4.79 Å². The van der Waals surface area contributed by atoms with Gasteiger partial charge in [0.25, 0.3) is 0 Å². The third-order valence-corrected chi connectivity index (χ3v) is 4.31. The third kappa shape index (κ3) is 3.13. The highest BCUT2D eigenvalue weighted by Crippen LogP contribution is 2.31. The lowest BCUT2D eigenvalue weighted by Gasteiger charge is -2.33. The monoisotopic (exact) mass is 290 g/mol. The first-order valence-corrected chi connectivity index (χ1v) is 7.55. The van der Waals surface area contributed by atoms with E-state index in [4.69, 9.17) is 9.47 Å². The number of hydrogen-bond donors (Lipinski definition) is 2. The Labute approximate surface area is 125 Å². The Morgan fingerprint density at radius 3 is 2.81 bits per heavy atom. The van der Waals surface area contributed by atoms with Crippen LogP contribution in [0.2, 0.25) is 0 Å². The smallest absolute Gasteiger partial charge is 0.226 e. The van der Waals surface area contributed by atoms with Crippen molar-refractivity contribution in [3.05, 3.63) is 24.3 Å². The van der Waals surface area contributed by atoms with Crippen molar-refractivity contribution in [2.24, 2.45) is 5.41 Å². The van der Waals surface area contributed by atoms with Crippen LogP contribution in [0.15, 0.2) is 24.3 Å². The molecule has 2 N–H and O–H groups in total. The molecular weight excluding hydrogens is 268 g/mol. The van der Waals surface area contributed by atoms with Crippen molar-refractivity contribution in [1.82, 2.24) is 10.6 Å². The van der Waals surface area contributed by atoms with Gasteiger partial charge in [0.05, 0.1) is 6.54 Å². The molecule has 1 aromatic rings. The van der Waals surface area contributed by atoms with E-state index in [0.717, 1.165) is 37.4 Å². The van der Waals surface area contributed by atoms with Crippen LogP contribution in [0.1, 0.15) is 19.8 Å². The number of rotatable bonds is 3. The van der Waals surface area contributed by atoms with Crippen molar-refractivity contribution in [3.63, 3.8) is 0 Å². The molecule has 0 aromatic heterocycles. The summed E-state index contributed by atoms with van der Waals surface area (Å²) in [6.45, 7) is 4.79. The molecule has 0 radical (unpaired) electrons. The second kappa shape index (κ2) is 5.93. The quantitative estimate of drug-likeness (QED) is 0.882. The summed E-state index contributed by atoms with van der Waals surface area (Å²) in [7, 11) is 0. The summed E-state index contributed by atoms with van der Waals surface area (Å²) in [5, 5.41) is 6.31. The molecule has 1 unspecified atom stereocenters. The Morgan fingerprint density at radius 2 is 2.05 bits per heavy atom. The average Bonchev–Trinajstić information content (AvgIpc) is 2.53. The van der Waals surface area contributed by atoms with Gasteiger partial charge in [0.1, 0.15) is 12.7 Å². The zero-order valence-corrected chi connectivity index (χ0v) is 12.4. The maximum absolute atomic E-state index is 12.4. The molecule has 2 heterocycles. The van der Waals surface area contributed by atoms with Crippen molar-refractivity contribution < 1.29 is 14.3 Å². The lowest BCUT2D eigenvalue weighted by molar-refractivity contribution is -0.132. The molecule has 5 nitrogen and oxygen atoms in total. The highest BCUT2D eigenvalue weighted by Gasteiger charge is 2.35. The second-order valence-electron chi connectivity index (χ2n) is 6.02. The van der Waals surface area contributed by atoms with Gasteiger partial charge in [-0.25, -0.2) is 0 Å². The van der Waals surface area contributed by atoms with Gasteiger partial charge in [-0.15, -0.1) is 0 Å². The minimum absolute atomic E-state index is 0.117. The van der Waals surface area contributed by atoms with Gasteiger partial charge < -0.3 is 20.1 Å². The summed E-state index contributed by atoms with van der Waals surface area (Å²) >= 11 is 0. The fourth-order valence-corrected chi connectivity index (χ4v) is 2.79. The molecule has 2 aliphatic rings. The van der Waals surface area contributed by atoms with E-state index in [0.29, 0.717) is 13.2 Å². The Hall–Kier alpha value is -1.75. The number of nitrogens with one attached hydrogen (secondary N) is 2. The second-order valence-corrected chi connectivity index (χ2v) is 6.02. The first-order valence-electron chi connectivity index (χ1n) is 7.55. The van der Waals surface area contributed by atoms with Gasteiger partial charge in [-0.1, -0.05) is 19.1 Å². The number of fused-ring (bicyclic) bond motifs is 1. The maximum Gasteiger partial charge on any atom is 0.226 e. The number of benzene rings is 1. The normalized spacial score (nSPS) is 23.4. The fraction of sp³-hybridized carbons (Fsp3) is 0.562. The van der Waals surface area contributed by atoms with Gasteiger partial charge in [-0.2, -0.15) is 0 Å². The van der Waals surface area contributed by atoms with Crippen LogP contribution >= 0.6 is 0 Å². The van der Waals surface area contributed by atoms with E-state index in [9.17, 15) is 4.79 Å². The molecule has 0 saturated carbocycles. The minimum atomic E-state index is -0.265. The van der Waals surface area contributed by atoms with E-state index in [-0.39, 0.29) is 17.4 Å². The Balaban J connectivity index is 1.53. The van der Waals surface area contributed by atoms with Crippen molar-refractivity contribution in [1.29, 1.82) is 0 Å². The highest BCUT2D eigenvalue weighted by atomic mass is 16.6. The predicted octanol–water partition coefficient (Wildman–Crippen LogP) is 1.33. The van der Waals surface area contributed by atoms with Crippen LogP contribution in [0, 0.1) is 5.41 Å². The number of carbonyl (C=O) groups is 1. The summed E-state index contributed by atoms with van der Waals surface area (Å²) in [5.41, 5.74) is -0.265. The largest absolute Gasteiger partial charge is 0.486 e. The standard InChI is InChI=1S/C16H22N2O3/c1-16(6-8-17-9-7-16)15(19)18-10-12-11-20-13-4-2-3-5-14(13)21-12/h2-5,12,17H,6-11H2,1H3,(H,18,19). The number of ether oxygens (including phenoxy) is 2. The van der Waals surface area contributed by atoms with Gasteiger partial charge >= 0.3 is 0 Å². The number of amides is 1. The van der Waals surface area contributed by atoms with Crippen LogP contribution in [-0.2, 0) is 4.79 Å². The van der Waals surface area contributed by atoms with Crippen LogP contribution in [0.3, 0.4) is 0 Å².